The molecule has 2 nitrogen and oxygen atoms in total. The Hall–Kier alpha value is 0.384. The fourth-order valence-corrected chi connectivity index (χ4v) is 5.22. The van der Waals surface area contributed by atoms with E-state index in [0.717, 1.165) is 24.2 Å². The summed E-state index contributed by atoms with van der Waals surface area (Å²) in [6.07, 6.45) is 6.24. The van der Waals surface area contributed by atoms with Crippen molar-refractivity contribution in [3.63, 3.8) is 0 Å². The van der Waals surface area contributed by atoms with Crippen LogP contribution in [0.25, 0.3) is 0 Å². The third-order valence-corrected chi connectivity index (χ3v) is 6.21. The molecule has 1 N–H and O–H groups in total. The zero-order chi connectivity index (χ0) is 13.7. The SMILES string of the molecule is CC1CC[C-]2[C@H]3Cc4ccc(P=O)cc4[C@@]2(CCN3)C1.[Y]. The van der Waals surface area contributed by atoms with E-state index in [1.807, 2.05) is 6.07 Å². The largest absolute Gasteiger partial charge is 0.343 e. The molecular formula is C17H21NOPY-. The summed E-state index contributed by atoms with van der Waals surface area (Å²) < 4.78 is 11.3. The van der Waals surface area contributed by atoms with Crippen LogP contribution in [0.15, 0.2) is 18.2 Å². The molecule has 4 heteroatoms. The average molecular weight is 375 g/mol. The van der Waals surface area contributed by atoms with Crippen molar-refractivity contribution in [2.24, 2.45) is 5.92 Å². The Kier molecular flexibility index (Phi) is 4.73. The van der Waals surface area contributed by atoms with Crippen molar-refractivity contribution in [3.8, 4) is 0 Å². The normalized spacial score (nSPS) is 34.7. The molecule has 2 aliphatic carbocycles. The fraction of sp³-hybridized carbons (Fsp3) is 0.588. The van der Waals surface area contributed by atoms with Crippen LogP contribution in [0, 0.1) is 11.8 Å². The van der Waals surface area contributed by atoms with Crippen molar-refractivity contribution in [1.82, 2.24) is 5.32 Å². The Morgan fingerprint density at radius 2 is 2.29 bits per heavy atom. The van der Waals surface area contributed by atoms with Gasteiger partial charge in [0.1, 0.15) is 0 Å². The van der Waals surface area contributed by atoms with E-state index in [-0.39, 0.29) is 46.6 Å². The predicted molar refractivity (Wildman–Crippen MR) is 81.7 cm³/mol. The first-order chi connectivity index (χ1) is 9.73. The average Bonchev–Trinajstić information content (AvgIpc) is 2.46. The second-order valence-electron chi connectivity index (χ2n) is 6.85. The van der Waals surface area contributed by atoms with E-state index in [1.54, 1.807) is 5.92 Å². The Balaban J connectivity index is 0.00000132. The van der Waals surface area contributed by atoms with Gasteiger partial charge in [-0.05, 0) is 36.6 Å². The van der Waals surface area contributed by atoms with Crippen molar-refractivity contribution in [2.45, 2.75) is 50.5 Å². The van der Waals surface area contributed by atoms with E-state index in [0.29, 0.717) is 6.04 Å². The molecule has 3 atom stereocenters. The summed E-state index contributed by atoms with van der Waals surface area (Å²) in [5.41, 5.74) is 3.26. The van der Waals surface area contributed by atoms with E-state index < -0.39 is 0 Å². The van der Waals surface area contributed by atoms with Gasteiger partial charge in [0.25, 0.3) is 0 Å². The van der Waals surface area contributed by atoms with Crippen molar-refractivity contribution in [2.75, 3.05) is 6.54 Å². The van der Waals surface area contributed by atoms with Gasteiger partial charge in [-0.2, -0.15) is 6.42 Å². The Labute approximate surface area is 153 Å². The summed E-state index contributed by atoms with van der Waals surface area (Å²) in [5, 5.41) is 4.67. The molecule has 1 saturated heterocycles. The molecule has 109 valence electrons. The molecule has 0 aromatic heterocycles. The van der Waals surface area contributed by atoms with Gasteiger partial charge < -0.3 is 5.32 Å². The predicted octanol–water partition coefficient (Wildman–Crippen LogP) is 3.15. The first-order valence-electron chi connectivity index (χ1n) is 7.79. The zero-order valence-electron chi connectivity index (χ0n) is 12.6. The van der Waals surface area contributed by atoms with Gasteiger partial charge in [0.05, 0.1) is 0 Å². The molecule has 1 aliphatic heterocycles. The van der Waals surface area contributed by atoms with Crippen molar-refractivity contribution >= 4 is 13.8 Å². The van der Waals surface area contributed by atoms with E-state index in [9.17, 15) is 4.57 Å². The van der Waals surface area contributed by atoms with Gasteiger partial charge in [0.2, 0.25) is 0 Å². The molecular weight excluding hydrogens is 354 g/mol. The smallest absolute Gasteiger partial charge is 0.192 e. The number of nitrogens with one attached hydrogen (secondary N) is 1. The van der Waals surface area contributed by atoms with Crippen molar-refractivity contribution in [1.29, 1.82) is 0 Å². The van der Waals surface area contributed by atoms with Crippen LogP contribution >= 0.6 is 8.46 Å². The van der Waals surface area contributed by atoms with Crippen LogP contribution in [0.5, 0.6) is 0 Å². The monoisotopic (exact) mass is 375 g/mol. The van der Waals surface area contributed by atoms with Crippen LogP contribution in [0.4, 0.5) is 0 Å². The molecule has 0 amide bonds. The number of hydrogen-bond acceptors (Lipinski definition) is 2. The molecule has 0 spiro atoms. The molecule has 1 aromatic carbocycles. The molecule has 1 aromatic rings. The molecule has 21 heavy (non-hydrogen) atoms. The number of piperidine rings is 1. The Bertz CT molecular complexity index is 564. The topological polar surface area (TPSA) is 29.1 Å². The zero-order valence-corrected chi connectivity index (χ0v) is 16.3. The standard InChI is InChI=1S/C17H21NOP.Y/c1-11-2-5-14-16-8-12-3-4-13(20-19)9-15(12)17(14,10-11)6-7-18-16;/h3-4,9,11,16,18H,2,5-8,10H2,1H3;/q-1;/t11?,16-,17+;/m1./s1. The van der Waals surface area contributed by atoms with Gasteiger partial charge in [0, 0.05) is 38.0 Å². The van der Waals surface area contributed by atoms with Gasteiger partial charge in [-0.15, -0.1) is 11.5 Å². The minimum absolute atomic E-state index is 0. The first kappa shape index (κ1) is 16.2. The van der Waals surface area contributed by atoms with Crippen LogP contribution in [-0.4, -0.2) is 12.6 Å². The van der Waals surface area contributed by atoms with Crippen LogP contribution in [0.1, 0.15) is 43.7 Å². The molecule has 2 fully saturated rings. The quantitative estimate of drug-likeness (QED) is 0.604. The fourth-order valence-electron chi connectivity index (χ4n) is 4.90. The summed E-state index contributed by atoms with van der Waals surface area (Å²) in [7, 11) is 0.153. The molecule has 1 radical (unpaired) electrons. The maximum Gasteiger partial charge on any atom is 0.192 e. The maximum absolute atomic E-state index is 11.3. The first-order valence-corrected chi connectivity index (χ1v) is 8.60. The molecule has 3 aliphatic rings. The van der Waals surface area contributed by atoms with E-state index in [2.05, 4.69) is 24.4 Å². The summed E-state index contributed by atoms with van der Waals surface area (Å²) in [6.45, 7) is 3.52. The second kappa shape index (κ2) is 6.12. The molecule has 1 heterocycles. The van der Waals surface area contributed by atoms with Gasteiger partial charge in [-0.3, -0.25) is 10.5 Å². The van der Waals surface area contributed by atoms with Gasteiger partial charge in [-0.25, -0.2) is 0 Å². The number of fused-ring (bicyclic) bond motifs is 1. The summed E-state index contributed by atoms with van der Waals surface area (Å²) >= 11 is 0. The summed E-state index contributed by atoms with van der Waals surface area (Å²) in [4.78, 5) is 0. The molecule has 4 rings (SSSR count). The minimum Gasteiger partial charge on any atom is -0.343 e. The minimum atomic E-state index is 0. The van der Waals surface area contributed by atoms with Crippen molar-refractivity contribution in [3.05, 3.63) is 35.2 Å². The van der Waals surface area contributed by atoms with E-state index in [4.69, 9.17) is 0 Å². The van der Waals surface area contributed by atoms with Crippen LogP contribution in [0.2, 0.25) is 0 Å². The van der Waals surface area contributed by atoms with Gasteiger partial charge in [-0.1, -0.05) is 37.8 Å². The summed E-state index contributed by atoms with van der Waals surface area (Å²) in [6, 6.07) is 7.05. The molecule has 1 unspecified atom stereocenters. The number of rotatable bonds is 1. The molecule has 2 bridgehead atoms. The summed E-state index contributed by atoms with van der Waals surface area (Å²) in [5.74, 6) is 2.55. The van der Waals surface area contributed by atoms with Crippen LogP contribution in [0.3, 0.4) is 0 Å². The Morgan fingerprint density at radius 1 is 1.43 bits per heavy atom. The van der Waals surface area contributed by atoms with Gasteiger partial charge in [0.15, 0.2) is 8.46 Å². The van der Waals surface area contributed by atoms with Crippen LogP contribution in [-0.2, 0) is 49.1 Å². The van der Waals surface area contributed by atoms with E-state index >= 15 is 0 Å². The van der Waals surface area contributed by atoms with Crippen LogP contribution < -0.4 is 10.6 Å². The third-order valence-electron chi connectivity index (χ3n) is 5.72. The third kappa shape index (κ3) is 2.51. The Morgan fingerprint density at radius 3 is 3.10 bits per heavy atom. The number of benzene rings is 1. The van der Waals surface area contributed by atoms with Gasteiger partial charge >= 0.3 is 0 Å². The molecule has 1 saturated carbocycles. The maximum atomic E-state index is 11.3. The second-order valence-corrected chi connectivity index (χ2v) is 7.55. The number of hydrogen-bond donors (Lipinski definition) is 1. The van der Waals surface area contributed by atoms with Crippen molar-refractivity contribution < 1.29 is 37.3 Å². The van der Waals surface area contributed by atoms with E-state index in [1.165, 1.54) is 36.8 Å².